The van der Waals surface area contributed by atoms with Gasteiger partial charge in [-0.2, -0.15) is 0 Å². The monoisotopic (exact) mass is 420 g/mol. The molecule has 5 nitrogen and oxygen atoms in total. The van der Waals surface area contributed by atoms with Gasteiger partial charge in [0.1, 0.15) is 0 Å². The third-order valence-corrected chi connectivity index (χ3v) is 5.24. The highest BCUT2D eigenvalue weighted by molar-refractivity contribution is 8.18. The Kier molecular flexibility index (Phi) is 6.21. The van der Waals surface area contributed by atoms with Crippen LogP contribution in [0.5, 0.6) is 0 Å². The van der Waals surface area contributed by atoms with Crippen LogP contribution in [-0.4, -0.2) is 35.0 Å². The molecule has 0 unspecified atom stereocenters. The van der Waals surface area contributed by atoms with Gasteiger partial charge in [-0.25, -0.2) is 0 Å². The fourth-order valence-corrected chi connectivity index (χ4v) is 3.68. The molecule has 0 spiro atoms. The Morgan fingerprint density at radius 1 is 1.11 bits per heavy atom. The van der Waals surface area contributed by atoms with Gasteiger partial charge in [0.25, 0.3) is 17.1 Å². The van der Waals surface area contributed by atoms with E-state index in [2.05, 4.69) is 5.32 Å². The lowest BCUT2D eigenvalue weighted by Gasteiger charge is -2.13. The highest BCUT2D eigenvalue weighted by atomic mass is 35.5. The maximum absolute atomic E-state index is 12.4. The molecule has 27 heavy (non-hydrogen) atoms. The van der Waals surface area contributed by atoms with Crippen LogP contribution >= 0.6 is 35.0 Å². The predicted molar refractivity (Wildman–Crippen MR) is 108 cm³/mol. The fourth-order valence-electron chi connectivity index (χ4n) is 2.44. The highest BCUT2D eigenvalue weighted by Crippen LogP contribution is 2.31. The lowest BCUT2D eigenvalue weighted by molar-refractivity contribution is -0.122. The average Bonchev–Trinajstić information content (AvgIpc) is 2.91. The van der Waals surface area contributed by atoms with E-state index in [-0.39, 0.29) is 34.8 Å². The second-order valence-electron chi connectivity index (χ2n) is 5.62. The molecule has 0 bridgehead atoms. The van der Waals surface area contributed by atoms with Crippen molar-refractivity contribution < 1.29 is 14.4 Å². The molecule has 1 saturated heterocycles. The SMILES string of the molecule is O=C(NCCN1C(=O)S/C(=C\c2ccccc2)C1=O)c1cc(Cl)ccc1Cl. The minimum Gasteiger partial charge on any atom is -0.350 e. The van der Waals surface area contributed by atoms with Crippen molar-refractivity contribution in [3.8, 4) is 0 Å². The van der Waals surface area contributed by atoms with Crippen molar-refractivity contribution in [2.45, 2.75) is 0 Å². The van der Waals surface area contributed by atoms with Crippen molar-refractivity contribution in [2.24, 2.45) is 0 Å². The molecule has 1 fully saturated rings. The number of hydrogen-bond donors (Lipinski definition) is 1. The summed E-state index contributed by atoms with van der Waals surface area (Å²) in [5, 5.41) is 2.94. The van der Waals surface area contributed by atoms with Gasteiger partial charge >= 0.3 is 0 Å². The standard InChI is InChI=1S/C19H14Cl2N2O3S/c20-13-6-7-15(21)14(11-13)17(24)22-8-9-23-18(25)16(27-19(23)26)10-12-4-2-1-3-5-12/h1-7,10-11H,8-9H2,(H,22,24)/b16-10-. The Hall–Kier alpha value is -2.28. The van der Waals surface area contributed by atoms with Crippen LogP contribution in [0.1, 0.15) is 15.9 Å². The molecule has 3 amide bonds. The van der Waals surface area contributed by atoms with E-state index < -0.39 is 5.91 Å². The number of thioether (sulfide) groups is 1. The first-order valence-corrected chi connectivity index (χ1v) is 9.56. The molecule has 0 aromatic heterocycles. The number of carbonyl (C=O) groups excluding carboxylic acids is 3. The minimum absolute atomic E-state index is 0.0702. The lowest BCUT2D eigenvalue weighted by Crippen LogP contribution is -2.37. The molecule has 138 valence electrons. The van der Waals surface area contributed by atoms with Crippen molar-refractivity contribution in [1.29, 1.82) is 0 Å². The molecule has 1 heterocycles. The number of benzene rings is 2. The van der Waals surface area contributed by atoms with E-state index in [4.69, 9.17) is 23.2 Å². The Balaban J connectivity index is 1.60. The van der Waals surface area contributed by atoms with Crippen LogP contribution < -0.4 is 5.32 Å². The van der Waals surface area contributed by atoms with Gasteiger partial charge in [-0.15, -0.1) is 0 Å². The van der Waals surface area contributed by atoms with E-state index >= 15 is 0 Å². The summed E-state index contributed by atoms with van der Waals surface area (Å²) in [6.07, 6.45) is 1.68. The van der Waals surface area contributed by atoms with Crippen LogP contribution in [0.4, 0.5) is 4.79 Å². The summed E-state index contributed by atoms with van der Waals surface area (Å²) >= 11 is 12.7. The summed E-state index contributed by atoms with van der Waals surface area (Å²) < 4.78 is 0. The second kappa shape index (κ2) is 8.61. The molecule has 1 aliphatic heterocycles. The van der Waals surface area contributed by atoms with Gasteiger partial charge < -0.3 is 5.32 Å². The van der Waals surface area contributed by atoms with Crippen LogP contribution in [0.3, 0.4) is 0 Å². The molecule has 0 aliphatic carbocycles. The van der Waals surface area contributed by atoms with Gasteiger partial charge in [0, 0.05) is 18.1 Å². The van der Waals surface area contributed by atoms with Gasteiger partial charge in [-0.3, -0.25) is 19.3 Å². The number of rotatable bonds is 5. The van der Waals surface area contributed by atoms with E-state index in [1.165, 1.54) is 12.1 Å². The van der Waals surface area contributed by atoms with E-state index in [9.17, 15) is 14.4 Å². The molecule has 0 radical (unpaired) electrons. The topological polar surface area (TPSA) is 66.5 Å². The largest absolute Gasteiger partial charge is 0.350 e. The molecule has 8 heteroatoms. The zero-order valence-electron chi connectivity index (χ0n) is 13.9. The Bertz CT molecular complexity index is 932. The molecule has 2 aromatic carbocycles. The predicted octanol–water partition coefficient (Wildman–Crippen LogP) is 4.46. The summed E-state index contributed by atoms with van der Waals surface area (Å²) in [6.45, 7) is 0.180. The van der Waals surface area contributed by atoms with Gasteiger partial charge in [-0.05, 0) is 41.6 Å². The molecule has 1 aliphatic rings. The van der Waals surface area contributed by atoms with E-state index in [1.807, 2.05) is 30.3 Å². The summed E-state index contributed by atoms with van der Waals surface area (Å²) in [7, 11) is 0. The molecule has 0 atom stereocenters. The van der Waals surface area contributed by atoms with Crippen LogP contribution in [0.15, 0.2) is 53.4 Å². The third kappa shape index (κ3) is 4.71. The second-order valence-corrected chi connectivity index (χ2v) is 7.46. The number of nitrogens with one attached hydrogen (secondary N) is 1. The molecule has 2 aromatic rings. The van der Waals surface area contributed by atoms with E-state index in [0.29, 0.717) is 9.93 Å². The number of hydrogen-bond acceptors (Lipinski definition) is 4. The molecular weight excluding hydrogens is 407 g/mol. The van der Waals surface area contributed by atoms with Crippen LogP contribution in [0.25, 0.3) is 6.08 Å². The fraction of sp³-hybridized carbons (Fsp3) is 0.105. The summed E-state index contributed by atoms with van der Waals surface area (Å²) in [5.41, 5.74) is 1.08. The van der Waals surface area contributed by atoms with Crippen LogP contribution in [0.2, 0.25) is 10.0 Å². The Morgan fingerprint density at radius 3 is 2.59 bits per heavy atom. The van der Waals surface area contributed by atoms with E-state index in [0.717, 1.165) is 22.2 Å². The quantitative estimate of drug-likeness (QED) is 0.724. The van der Waals surface area contributed by atoms with E-state index in [1.54, 1.807) is 12.1 Å². The van der Waals surface area contributed by atoms with Crippen molar-refractivity contribution in [3.05, 3.63) is 74.6 Å². The van der Waals surface area contributed by atoms with Gasteiger partial charge in [0.05, 0.1) is 15.5 Å². The Morgan fingerprint density at radius 2 is 1.85 bits per heavy atom. The summed E-state index contributed by atoms with van der Waals surface area (Å²) in [6, 6.07) is 13.9. The number of amides is 3. The van der Waals surface area contributed by atoms with Gasteiger partial charge in [0.15, 0.2) is 0 Å². The van der Waals surface area contributed by atoms with Crippen LogP contribution in [-0.2, 0) is 4.79 Å². The zero-order chi connectivity index (χ0) is 19.4. The van der Waals surface area contributed by atoms with Gasteiger partial charge in [-0.1, -0.05) is 53.5 Å². The van der Waals surface area contributed by atoms with Gasteiger partial charge in [0.2, 0.25) is 0 Å². The van der Waals surface area contributed by atoms with Crippen molar-refractivity contribution >= 4 is 58.1 Å². The number of halogens is 2. The maximum Gasteiger partial charge on any atom is 0.293 e. The first-order valence-electron chi connectivity index (χ1n) is 7.99. The number of imide groups is 1. The van der Waals surface area contributed by atoms with Crippen molar-refractivity contribution in [2.75, 3.05) is 13.1 Å². The third-order valence-electron chi connectivity index (χ3n) is 3.76. The maximum atomic E-state index is 12.4. The number of carbonyl (C=O) groups is 3. The first-order chi connectivity index (χ1) is 13.0. The summed E-state index contributed by atoms with van der Waals surface area (Å²) in [4.78, 5) is 38.2. The normalized spacial score (nSPS) is 15.5. The smallest absolute Gasteiger partial charge is 0.293 e. The zero-order valence-corrected chi connectivity index (χ0v) is 16.3. The average molecular weight is 421 g/mol. The molecule has 0 saturated carbocycles. The van der Waals surface area contributed by atoms with Crippen molar-refractivity contribution in [1.82, 2.24) is 10.2 Å². The van der Waals surface area contributed by atoms with Crippen LogP contribution in [0, 0.1) is 0 Å². The molecular formula is C19H14Cl2N2O3S. The first kappa shape index (κ1) is 19.5. The Labute approximate surface area is 170 Å². The molecule has 3 rings (SSSR count). The van der Waals surface area contributed by atoms with Crippen molar-refractivity contribution in [3.63, 3.8) is 0 Å². The highest BCUT2D eigenvalue weighted by Gasteiger charge is 2.34. The minimum atomic E-state index is -0.422. The lowest BCUT2D eigenvalue weighted by atomic mass is 10.2. The summed E-state index contributed by atoms with van der Waals surface area (Å²) in [5.74, 6) is -0.793. The molecule has 1 N–H and O–H groups in total. The number of nitrogens with zero attached hydrogens (tertiary/aromatic N) is 1.